The molecular formula is C11H19N. The molecule has 3 fully saturated rings. The first-order valence-corrected chi connectivity index (χ1v) is 5.55. The van der Waals surface area contributed by atoms with Crippen LogP contribution in [-0.4, -0.2) is 23.5 Å². The topological polar surface area (TPSA) is 3.24 Å². The van der Waals surface area contributed by atoms with Gasteiger partial charge in [-0.2, -0.15) is 0 Å². The van der Waals surface area contributed by atoms with Gasteiger partial charge in [0.25, 0.3) is 0 Å². The van der Waals surface area contributed by atoms with Gasteiger partial charge in [-0.15, -0.1) is 0 Å². The molecule has 12 heavy (non-hydrogen) atoms. The highest BCUT2D eigenvalue weighted by atomic mass is 15.3. The molecule has 0 aromatic rings. The summed E-state index contributed by atoms with van der Waals surface area (Å²) in [5, 5.41) is 0. The molecule has 1 nitrogen and oxygen atoms in total. The molecule has 1 heteroatoms. The van der Waals surface area contributed by atoms with Crippen molar-refractivity contribution in [3.8, 4) is 0 Å². The van der Waals surface area contributed by atoms with Crippen LogP contribution in [0.1, 0.15) is 33.1 Å². The van der Waals surface area contributed by atoms with E-state index in [9.17, 15) is 0 Å². The van der Waals surface area contributed by atoms with Crippen LogP contribution in [0, 0.1) is 17.8 Å². The summed E-state index contributed by atoms with van der Waals surface area (Å²) >= 11 is 0. The average Bonchev–Trinajstić information content (AvgIpc) is 2.61. The number of nitrogens with zero attached hydrogens (tertiary/aromatic N) is 1. The second kappa shape index (κ2) is 2.25. The summed E-state index contributed by atoms with van der Waals surface area (Å²) in [6.07, 6.45) is 4.53. The van der Waals surface area contributed by atoms with E-state index in [-0.39, 0.29) is 0 Å². The molecule has 0 radical (unpaired) electrons. The van der Waals surface area contributed by atoms with Gasteiger partial charge in [0.1, 0.15) is 0 Å². The van der Waals surface area contributed by atoms with E-state index in [4.69, 9.17) is 0 Å². The molecule has 3 rings (SSSR count). The van der Waals surface area contributed by atoms with Crippen LogP contribution in [-0.2, 0) is 0 Å². The number of hydrogen-bond donors (Lipinski definition) is 0. The minimum Gasteiger partial charge on any atom is -0.297 e. The summed E-state index contributed by atoms with van der Waals surface area (Å²) in [4.78, 5) is 2.80. The number of fused-ring (bicyclic) bond motifs is 5. The molecule has 3 aliphatic rings. The number of rotatable bonds is 0. The zero-order valence-corrected chi connectivity index (χ0v) is 8.16. The van der Waals surface area contributed by atoms with E-state index in [1.54, 1.807) is 0 Å². The lowest BCUT2D eigenvalue weighted by atomic mass is 9.80. The quantitative estimate of drug-likeness (QED) is 0.531. The standard InChI is InChI=1S/C11H19N/c1-7-6-12-8(2)11(7)9-4-3-5-10(9)12/h7-11H,3-6H2,1-2H3. The van der Waals surface area contributed by atoms with Crippen LogP contribution < -0.4 is 0 Å². The van der Waals surface area contributed by atoms with Crippen molar-refractivity contribution in [1.29, 1.82) is 0 Å². The Labute approximate surface area is 75.1 Å². The lowest BCUT2D eigenvalue weighted by molar-refractivity contribution is 0.178. The molecule has 2 bridgehead atoms. The van der Waals surface area contributed by atoms with Crippen molar-refractivity contribution in [3.05, 3.63) is 0 Å². The first kappa shape index (κ1) is 7.37. The number of hydrogen-bond acceptors (Lipinski definition) is 1. The van der Waals surface area contributed by atoms with Crippen molar-refractivity contribution in [3.63, 3.8) is 0 Å². The third-order valence-electron chi connectivity index (χ3n) is 4.69. The van der Waals surface area contributed by atoms with Crippen LogP contribution >= 0.6 is 0 Å². The molecule has 0 spiro atoms. The van der Waals surface area contributed by atoms with Crippen LogP contribution in [0.25, 0.3) is 0 Å². The average molecular weight is 165 g/mol. The normalized spacial score (nSPS) is 62.5. The molecule has 2 heterocycles. The third kappa shape index (κ3) is 0.693. The van der Waals surface area contributed by atoms with E-state index in [0.717, 1.165) is 29.8 Å². The highest BCUT2D eigenvalue weighted by molar-refractivity contribution is 5.07. The van der Waals surface area contributed by atoms with Gasteiger partial charge in [-0.25, -0.2) is 0 Å². The Morgan fingerprint density at radius 1 is 1.17 bits per heavy atom. The van der Waals surface area contributed by atoms with E-state index in [1.807, 2.05) is 0 Å². The van der Waals surface area contributed by atoms with E-state index in [1.165, 1.54) is 25.8 Å². The van der Waals surface area contributed by atoms with Gasteiger partial charge in [0, 0.05) is 18.6 Å². The molecule has 6 unspecified atom stereocenters. The minimum atomic E-state index is 0.912. The minimum absolute atomic E-state index is 0.912. The largest absolute Gasteiger partial charge is 0.297 e. The second-order valence-corrected chi connectivity index (χ2v) is 5.15. The fraction of sp³-hybridized carbons (Fsp3) is 1.00. The van der Waals surface area contributed by atoms with Gasteiger partial charge in [0.05, 0.1) is 0 Å². The van der Waals surface area contributed by atoms with Crippen LogP contribution in [0.3, 0.4) is 0 Å². The van der Waals surface area contributed by atoms with Crippen molar-refractivity contribution in [2.75, 3.05) is 6.54 Å². The Kier molecular flexibility index (Phi) is 1.39. The Bertz CT molecular complexity index is 199. The maximum absolute atomic E-state index is 2.80. The molecule has 0 aromatic heterocycles. The van der Waals surface area contributed by atoms with Gasteiger partial charge in [-0.3, -0.25) is 4.90 Å². The zero-order valence-electron chi connectivity index (χ0n) is 8.16. The lowest BCUT2D eigenvalue weighted by Gasteiger charge is -2.30. The van der Waals surface area contributed by atoms with Gasteiger partial charge in [0.2, 0.25) is 0 Å². The van der Waals surface area contributed by atoms with Crippen molar-refractivity contribution < 1.29 is 0 Å². The van der Waals surface area contributed by atoms with Crippen LogP contribution in [0.4, 0.5) is 0 Å². The number of piperidine rings is 1. The summed E-state index contributed by atoms with van der Waals surface area (Å²) < 4.78 is 0. The highest BCUT2D eigenvalue weighted by Crippen LogP contribution is 2.52. The molecule has 2 saturated heterocycles. The van der Waals surface area contributed by atoms with Crippen LogP contribution in [0.5, 0.6) is 0 Å². The molecule has 0 amide bonds. The van der Waals surface area contributed by atoms with Gasteiger partial charge < -0.3 is 0 Å². The molecule has 0 N–H and O–H groups in total. The molecule has 0 aromatic carbocycles. The fourth-order valence-electron chi connectivity index (χ4n) is 4.36. The smallest absolute Gasteiger partial charge is 0.0130 e. The first-order chi connectivity index (χ1) is 5.79. The van der Waals surface area contributed by atoms with Gasteiger partial charge in [-0.05, 0) is 37.5 Å². The highest BCUT2D eigenvalue weighted by Gasteiger charge is 2.55. The molecule has 68 valence electrons. The Morgan fingerprint density at radius 3 is 2.83 bits per heavy atom. The maximum atomic E-state index is 2.80. The Morgan fingerprint density at radius 2 is 2.00 bits per heavy atom. The predicted molar refractivity (Wildman–Crippen MR) is 50.0 cm³/mol. The van der Waals surface area contributed by atoms with E-state index >= 15 is 0 Å². The van der Waals surface area contributed by atoms with Crippen LogP contribution in [0.2, 0.25) is 0 Å². The first-order valence-electron chi connectivity index (χ1n) is 5.55. The molecular weight excluding hydrogens is 146 g/mol. The Balaban J connectivity index is 1.94. The SMILES string of the molecule is CC1CN2C(C)C1C1CCCC12. The lowest BCUT2D eigenvalue weighted by Crippen LogP contribution is -2.36. The van der Waals surface area contributed by atoms with Gasteiger partial charge in [0.15, 0.2) is 0 Å². The predicted octanol–water partition coefficient (Wildman–Crippen LogP) is 2.13. The monoisotopic (exact) mass is 165 g/mol. The second-order valence-electron chi connectivity index (χ2n) is 5.15. The van der Waals surface area contributed by atoms with E-state index in [0.29, 0.717) is 0 Å². The van der Waals surface area contributed by atoms with Crippen molar-refractivity contribution in [2.45, 2.75) is 45.2 Å². The maximum Gasteiger partial charge on any atom is 0.0130 e. The summed E-state index contributed by atoms with van der Waals surface area (Å²) in [5.41, 5.74) is 0. The van der Waals surface area contributed by atoms with Crippen molar-refractivity contribution in [2.24, 2.45) is 17.8 Å². The van der Waals surface area contributed by atoms with Crippen molar-refractivity contribution in [1.82, 2.24) is 4.90 Å². The Hall–Kier alpha value is -0.0400. The summed E-state index contributed by atoms with van der Waals surface area (Å²) in [6.45, 7) is 6.30. The van der Waals surface area contributed by atoms with E-state index in [2.05, 4.69) is 18.7 Å². The van der Waals surface area contributed by atoms with E-state index < -0.39 is 0 Å². The summed E-state index contributed by atoms with van der Waals surface area (Å²) in [7, 11) is 0. The summed E-state index contributed by atoms with van der Waals surface area (Å²) in [6, 6.07) is 1.91. The van der Waals surface area contributed by atoms with Crippen LogP contribution in [0.15, 0.2) is 0 Å². The van der Waals surface area contributed by atoms with Gasteiger partial charge in [-0.1, -0.05) is 13.3 Å². The zero-order chi connectivity index (χ0) is 8.29. The molecule has 2 aliphatic heterocycles. The molecule has 6 atom stereocenters. The summed E-state index contributed by atoms with van der Waals surface area (Å²) in [5.74, 6) is 3.13. The fourth-order valence-corrected chi connectivity index (χ4v) is 4.36. The third-order valence-corrected chi connectivity index (χ3v) is 4.69. The molecule has 1 saturated carbocycles. The molecule has 1 aliphatic carbocycles. The van der Waals surface area contributed by atoms with Crippen molar-refractivity contribution >= 4 is 0 Å². The van der Waals surface area contributed by atoms with Gasteiger partial charge >= 0.3 is 0 Å².